The van der Waals surface area contributed by atoms with Gasteiger partial charge in [-0.2, -0.15) is 0 Å². The first-order chi connectivity index (χ1) is 17.1. The van der Waals surface area contributed by atoms with Crippen LogP contribution in [0.15, 0.2) is 36.8 Å². The predicted molar refractivity (Wildman–Crippen MR) is 134 cm³/mol. The number of ether oxygens (including phenoxy) is 1. The Morgan fingerprint density at radius 1 is 1.17 bits per heavy atom. The van der Waals surface area contributed by atoms with Gasteiger partial charge in [0.2, 0.25) is 0 Å². The lowest BCUT2D eigenvalue weighted by Crippen LogP contribution is -2.41. The second kappa shape index (κ2) is 8.66. The van der Waals surface area contributed by atoms with Crippen molar-refractivity contribution in [3.63, 3.8) is 0 Å². The number of nitrogens with one attached hydrogen (secondary N) is 3. The lowest BCUT2D eigenvalue weighted by atomic mass is 10.1. The fourth-order valence-corrected chi connectivity index (χ4v) is 4.37. The van der Waals surface area contributed by atoms with Gasteiger partial charge in [-0.1, -0.05) is 0 Å². The third-order valence-electron chi connectivity index (χ3n) is 6.33. The summed E-state index contributed by atoms with van der Waals surface area (Å²) in [5.74, 6) is 1.70. The zero-order chi connectivity index (χ0) is 23.9. The van der Waals surface area contributed by atoms with Gasteiger partial charge >= 0.3 is 6.03 Å². The van der Waals surface area contributed by atoms with E-state index in [0.717, 1.165) is 53.6 Å². The summed E-state index contributed by atoms with van der Waals surface area (Å²) < 4.78 is 7.47. The maximum atomic E-state index is 12.3. The van der Waals surface area contributed by atoms with Gasteiger partial charge in [-0.05, 0) is 38.0 Å². The van der Waals surface area contributed by atoms with Crippen molar-refractivity contribution in [1.82, 2.24) is 29.9 Å². The Hall–Kier alpha value is -3.99. The Kier molecular flexibility index (Phi) is 5.33. The van der Waals surface area contributed by atoms with Crippen molar-refractivity contribution in [2.75, 3.05) is 42.3 Å². The molecule has 5 heterocycles. The molecule has 3 N–H and O–H groups in total. The molecule has 4 aromatic rings. The molecule has 11 nitrogen and oxygen atoms in total. The number of hydrogen-bond acceptors (Lipinski definition) is 8. The van der Waals surface area contributed by atoms with E-state index in [1.165, 1.54) is 0 Å². The largest absolute Gasteiger partial charge is 0.375 e. The number of fused-ring (bicyclic) bond motifs is 2. The zero-order valence-electron chi connectivity index (χ0n) is 19.7. The van der Waals surface area contributed by atoms with E-state index in [0.29, 0.717) is 24.1 Å². The van der Waals surface area contributed by atoms with E-state index in [-0.39, 0.29) is 18.2 Å². The van der Waals surface area contributed by atoms with Gasteiger partial charge in [0.05, 0.1) is 24.6 Å². The Morgan fingerprint density at radius 2 is 2.06 bits per heavy atom. The molecule has 35 heavy (non-hydrogen) atoms. The Morgan fingerprint density at radius 3 is 2.86 bits per heavy atom. The lowest BCUT2D eigenvalue weighted by molar-refractivity contribution is 0.0532. The van der Waals surface area contributed by atoms with Gasteiger partial charge in [0, 0.05) is 54.9 Å². The Labute approximate surface area is 201 Å². The number of aromatic nitrogens is 5. The van der Waals surface area contributed by atoms with Crippen molar-refractivity contribution in [2.24, 2.45) is 0 Å². The van der Waals surface area contributed by atoms with Crippen LogP contribution in [0.4, 0.5) is 22.1 Å². The molecule has 0 unspecified atom stereocenters. The SMILES string of the molecule is CNc1ncc(-c2nc3ccc(N4CCO[C@H](C)C4)cn3n2)c2cc(NC(=O)NC3CC3)ncc12. The zero-order valence-corrected chi connectivity index (χ0v) is 19.7. The van der Waals surface area contributed by atoms with Gasteiger partial charge in [0.1, 0.15) is 11.6 Å². The third kappa shape index (κ3) is 4.30. The van der Waals surface area contributed by atoms with E-state index in [1.54, 1.807) is 16.9 Å². The van der Waals surface area contributed by atoms with Crippen LogP contribution < -0.4 is 20.9 Å². The quantitative estimate of drug-likeness (QED) is 0.405. The molecule has 1 saturated carbocycles. The number of carbonyl (C=O) groups excluding carboxylic acids is 1. The molecule has 1 atom stereocenters. The number of carbonyl (C=O) groups is 1. The number of anilines is 3. The lowest BCUT2D eigenvalue weighted by Gasteiger charge is -2.32. The highest BCUT2D eigenvalue weighted by molar-refractivity contribution is 6.02. The van der Waals surface area contributed by atoms with Gasteiger partial charge in [-0.3, -0.25) is 5.32 Å². The molecular weight excluding hydrogens is 446 g/mol. The second-order valence-electron chi connectivity index (χ2n) is 9.01. The topological polar surface area (TPSA) is 122 Å². The minimum absolute atomic E-state index is 0.191. The molecular formula is C24H27N9O2. The molecule has 1 saturated heterocycles. The van der Waals surface area contributed by atoms with Gasteiger partial charge in [-0.15, -0.1) is 5.10 Å². The van der Waals surface area contributed by atoms with E-state index in [1.807, 2.05) is 25.4 Å². The first-order valence-electron chi connectivity index (χ1n) is 11.8. The van der Waals surface area contributed by atoms with Crippen molar-refractivity contribution >= 4 is 39.8 Å². The van der Waals surface area contributed by atoms with Crippen molar-refractivity contribution in [3.05, 3.63) is 36.8 Å². The van der Waals surface area contributed by atoms with Crippen LogP contribution in [0.25, 0.3) is 27.8 Å². The number of rotatable bonds is 5. The van der Waals surface area contributed by atoms with E-state index < -0.39 is 0 Å². The minimum Gasteiger partial charge on any atom is -0.375 e. The van der Waals surface area contributed by atoms with Crippen molar-refractivity contribution in [1.29, 1.82) is 0 Å². The van der Waals surface area contributed by atoms with E-state index >= 15 is 0 Å². The number of pyridine rings is 3. The minimum atomic E-state index is -0.250. The van der Waals surface area contributed by atoms with Gasteiger partial charge < -0.3 is 20.3 Å². The predicted octanol–water partition coefficient (Wildman–Crippen LogP) is 2.89. The van der Waals surface area contributed by atoms with E-state index in [2.05, 4.69) is 43.8 Å². The van der Waals surface area contributed by atoms with Crippen molar-refractivity contribution in [2.45, 2.75) is 31.9 Å². The standard InChI is InChI=1S/C24H27N9O2/c1-14-12-32(7-8-35-14)16-5-6-21-30-23(31-33(21)13-16)19-11-27-22(25-2)18-10-26-20(9-17(18)19)29-24(34)28-15-3-4-15/h5-6,9-11,13-15H,3-4,7-8,12H2,1-2H3,(H,25,27)(H2,26,28,29,34)/t14-/m1/s1. The third-order valence-corrected chi connectivity index (χ3v) is 6.33. The molecule has 180 valence electrons. The smallest absolute Gasteiger partial charge is 0.320 e. The van der Waals surface area contributed by atoms with Gasteiger partial charge in [0.25, 0.3) is 0 Å². The second-order valence-corrected chi connectivity index (χ2v) is 9.01. The maximum Gasteiger partial charge on any atom is 0.320 e. The fourth-order valence-electron chi connectivity index (χ4n) is 4.37. The molecule has 2 fully saturated rings. The number of morpholine rings is 1. The highest BCUT2D eigenvalue weighted by atomic mass is 16.5. The molecule has 11 heteroatoms. The van der Waals surface area contributed by atoms with Gasteiger partial charge in [0.15, 0.2) is 11.5 Å². The summed E-state index contributed by atoms with van der Waals surface area (Å²) in [6.07, 6.45) is 7.69. The first-order valence-corrected chi connectivity index (χ1v) is 11.8. The molecule has 0 radical (unpaired) electrons. The number of hydrogen-bond donors (Lipinski definition) is 3. The Balaban J connectivity index is 1.37. The van der Waals surface area contributed by atoms with Gasteiger partial charge in [-0.25, -0.2) is 24.3 Å². The first kappa shape index (κ1) is 21.5. The summed E-state index contributed by atoms with van der Waals surface area (Å²) in [5, 5.41) is 15.3. The molecule has 6 rings (SSSR count). The summed E-state index contributed by atoms with van der Waals surface area (Å²) in [4.78, 5) is 28.3. The summed E-state index contributed by atoms with van der Waals surface area (Å²) in [6, 6.07) is 5.89. The van der Waals surface area contributed by atoms with Crippen LogP contribution in [-0.2, 0) is 4.74 Å². The highest BCUT2D eigenvalue weighted by Crippen LogP contribution is 2.32. The van der Waals surface area contributed by atoms with Crippen molar-refractivity contribution in [3.8, 4) is 11.4 Å². The van der Waals surface area contributed by atoms with Crippen LogP contribution in [0.3, 0.4) is 0 Å². The molecule has 4 aromatic heterocycles. The molecule has 1 aliphatic carbocycles. The van der Waals surface area contributed by atoms with Crippen LogP contribution in [0, 0.1) is 0 Å². The van der Waals surface area contributed by atoms with Crippen LogP contribution in [0.2, 0.25) is 0 Å². The van der Waals surface area contributed by atoms with Crippen LogP contribution >= 0.6 is 0 Å². The monoisotopic (exact) mass is 473 g/mol. The number of urea groups is 1. The average molecular weight is 474 g/mol. The molecule has 2 aliphatic rings. The maximum absolute atomic E-state index is 12.3. The summed E-state index contributed by atoms with van der Waals surface area (Å²) >= 11 is 0. The molecule has 0 aromatic carbocycles. The summed E-state index contributed by atoms with van der Waals surface area (Å²) in [6.45, 7) is 4.47. The number of nitrogens with zero attached hydrogens (tertiary/aromatic N) is 6. The fraction of sp³-hybridized carbons (Fsp3) is 0.375. The highest BCUT2D eigenvalue weighted by Gasteiger charge is 2.24. The van der Waals surface area contributed by atoms with Crippen LogP contribution in [-0.4, -0.2) is 69.5 Å². The molecule has 2 amide bonds. The number of amides is 2. The summed E-state index contributed by atoms with van der Waals surface area (Å²) in [5.41, 5.74) is 2.58. The van der Waals surface area contributed by atoms with Crippen LogP contribution in [0.5, 0.6) is 0 Å². The molecule has 1 aliphatic heterocycles. The molecule has 0 bridgehead atoms. The van der Waals surface area contributed by atoms with Crippen molar-refractivity contribution < 1.29 is 9.53 Å². The molecule has 0 spiro atoms. The van der Waals surface area contributed by atoms with E-state index in [4.69, 9.17) is 14.8 Å². The normalized spacial score (nSPS) is 18.1. The van der Waals surface area contributed by atoms with E-state index in [9.17, 15) is 4.79 Å². The Bertz CT molecular complexity index is 1420. The average Bonchev–Trinajstić information content (AvgIpc) is 3.57. The van der Waals surface area contributed by atoms with Crippen LogP contribution in [0.1, 0.15) is 19.8 Å². The summed E-state index contributed by atoms with van der Waals surface area (Å²) in [7, 11) is 1.81.